The van der Waals surface area contributed by atoms with Gasteiger partial charge in [-0.15, -0.1) is 0 Å². The maximum Gasteiger partial charge on any atom is 0.0695 e. The van der Waals surface area contributed by atoms with E-state index in [1.54, 1.807) is 0 Å². The molecule has 0 radical (unpaired) electrons. The molecule has 0 heterocycles. The van der Waals surface area contributed by atoms with Crippen molar-refractivity contribution < 1.29 is 5.11 Å². The summed E-state index contributed by atoms with van der Waals surface area (Å²) < 4.78 is 0. The van der Waals surface area contributed by atoms with Crippen molar-refractivity contribution in [3.8, 4) is 0 Å². The number of benzene rings is 2. The third-order valence-electron chi connectivity index (χ3n) is 7.64. The Bertz CT molecular complexity index is 690. The molecule has 0 aliphatic rings. The number of hydrogen-bond donors (Lipinski definition) is 1. The van der Waals surface area contributed by atoms with Crippen LogP contribution in [0.25, 0.3) is 0 Å². The van der Waals surface area contributed by atoms with E-state index in [9.17, 15) is 5.11 Å². The largest absolute Gasteiger partial charge is 0.391 e. The molecule has 2 unspecified atom stereocenters. The number of rotatable bonds is 22. The van der Waals surface area contributed by atoms with Crippen LogP contribution in [0.4, 0.5) is 0 Å². The lowest BCUT2D eigenvalue weighted by atomic mass is 9.98. The van der Waals surface area contributed by atoms with Gasteiger partial charge in [0.25, 0.3) is 0 Å². The van der Waals surface area contributed by atoms with Crippen LogP contribution in [0.15, 0.2) is 60.7 Å². The van der Waals surface area contributed by atoms with Gasteiger partial charge in [0.15, 0.2) is 0 Å². The van der Waals surface area contributed by atoms with E-state index in [0.717, 1.165) is 32.4 Å². The van der Waals surface area contributed by atoms with Crippen LogP contribution < -0.4 is 0 Å². The van der Waals surface area contributed by atoms with Gasteiger partial charge in [-0.05, 0) is 24.0 Å². The number of hydrogen-bond acceptors (Lipinski definition) is 2. The number of aliphatic hydroxyl groups excluding tert-OH is 1. The van der Waals surface area contributed by atoms with E-state index in [1.165, 1.54) is 94.6 Å². The minimum Gasteiger partial charge on any atom is -0.391 e. The molecule has 0 fully saturated rings. The van der Waals surface area contributed by atoms with Gasteiger partial charge in [0, 0.05) is 19.1 Å². The van der Waals surface area contributed by atoms with Gasteiger partial charge in [0.1, 0.15) is 0 Å². The van der Waals surface area contributed by atoms with E-state index in [1.807, 2.05) is 0 Å². The van der Waals surface area contributed by atoms with Gasteiger partial charge >= 0.3 is 0 Å². The second-order valence-electron chi connectivity index (χ2n) is 10.8. The first-order valence-electron chi connectivity index (χ1n) is 15.2. The molecule has 2 rings (SSSR count). The smallest absolute Gasteiger partial charge is 0.0695 e. The molecule has 2 nitrogen and oxygen atoms in total. The predicted molar refractivity (Wildman–Crippen MR) is 157 cm³/mol. The molecular formula is C34H55NO. The van der Waals surface area contributed by atoms with E-state index >= 15 is 0 Å². The maximum absolute atomic E-state index is 11.2. The summed E-state index contributed by atoms with van der Waals surface area (Å²) in [6.45, 7) is 6.27. The van der Waals surface area contributed by atoms with Gasteiger partial charge < -0.3 is 5.11 Å². The summed E-state index contributed by atoms with van der Waals surface area (Å²) in [4.78, 5) is 2.49. The molecule has 0 aliphatic carbocycles. The fraction of sp³-hybridized carbons (Fsp3) is 0.647. The standard InChI is InChI=1S/C34H55NO/c1-3-5-6-7-8-9-10-11-12-13-14-15-16-23-28-34(36)33(4-2)35(29-31-24-19-17-20-25-31)30-32-26-21-18-22-27-32/h17-22,24-27,33-34,36H,3-16,23,28-30H2,1-2H3. The minimum absolute atomic E-state index is 0.187. The van der Waals surface area contributed by atoms with Crippen molar-refractivity contribution in [1.82, 2.24) is 4.90 Å². The second-order valence-corrected chi connectivity index (χ2v) is 10.8. The summed E-state index contributed by atoms with van der Waals surface area (Å²) in [5, 5.41) is 11.2. The predicted octanol–water partition coefficient (Wildman–Crippen LogP) is 9.70. The monoisotopic (exact) mass is 493 g/mol. The summed E-state index contributed by atoms with van der Waals surface area (Å²) in [6.07, 6.45) is 20.8. The summed E-state index contributed by atoms with van der Waals surface area (Å²) in [5.74, 6) is 0. The van der Waals surface area contributed by atoms with Crippen LogP contribution in [-0.4, -0.2) is 22.2 Å². The SMILES string of the molecule is CCCCCCCCCCCCCCCCC(O)C(CC)N(Cc1ccccc1)Cc1ccccc1. The van der Waals surface area contributed by atoms with E-state index in [4.69, 9.17) is 0 Å². The van der Waals surface area contributed by atoms with Gasteiger partial charge in [-0.2, -0.15) is 0 Å². The van der Waals surface area contributed by atoms with Gasteiger partial charge in [-0.1, -0.05) is 164 Å². The molecule has 202 valence electrons. The Morgan fingerprint density at radius 1 is 0.556 bits per heavy atom. The number of nitrogens with zero attached hydrogens (tertiary/aromatic N) is 1. The first-order valence-corrected chi connectivity index (χ1v) is 15.2. The maximum atomic E-state index is 11.2. The molecule has 0 saturated heterocycles. The van der Waals surface area contributed by atoms with Crippen LogP contribution in [0.3, 0.4) is 0 Å². The Morgan fingerprint density at radius 2 is 0.944 bits per heavy atom. The number of aliphatic hydroxyl groups is 1. The topological polar surface area (TPSA) is 23.5 Å². The average molecular weight is 494 g/mol. The van der Waals surface area contributed by atoms with E-state index in [-0.39, 0.29) is 12.1 Å². The summed E-state index contributed by atoms with van der Waals surface area (Å²) in [6, 6.07) is 21.6. The molecule has 0 spiro atoms. The van der Waals surface area contributed by atoms with Crippen LogP contribution in [-0.2, 0) is 13.1 Å². The zero-order valence-electron chi connectivity index (χ0n) is 23.6. The molecule has 1 N–H and O–H groups in total. The van der Waals surface area contributed by atoms with E-state index < -0.39 is 0 Å². The van der Waals surface area contributed by atoms with Crippen molar-refractivity contribution in [3.05, 3.63) is 71.8 Å². The van der Waals surface area contributed by atoms with Gasteiger partial charge in [0.2, 0.25) is 0 Å². The van der Waals surface area contributed by atoms with Gasteiger partial charge in [-0.3, -0.25) is 4.90 Å². The lowest BCUT2D eigenvalue weighted by Crippen LogP contribution is -2.42. The highest BCUT2D eigenvalue weighted by Gasteiger charge is 2.24. The number of unbranched alkanes of at least 4 members (excludes halogenated alkanes) is 13. The lowest BCUT2D eigenvalue weighted by molar-refractivity contribution is 0.0304. The fourth-order valence-corrected chi connectivity index (χ4v) is 5.44. The highest BCUT2D eigenvalue weighted by molar-refractivity contribution is 5.17. The van der Waals surface area contributed by atoms with Gasteiger partial charge in [0.05, 0.1) is 6.10 Å². The average Bonchev–Trinajstić information content (AvgIpc) is 2.90. The van der Waals surface area contributed by atoms with Crippen LogP contribution in [0.2, 0.25) is 0 Å². The van der Waals surface area contributed by atoms with Crippen LogP contribution in [0, 0.1) is 0 Å². The molecule has 2 aromatic rings. The van der Waals surface area contributed by atoms with Crippen molar-refractivity contribution in [3.63, 3.8) is 0 Å². The van der Waals surface area contributed by atoms with Crippen LogP contribution in [0.5, 0.6) is 0 Å². The molecular weight excluding hydrogens is 438 g/mol. The Labute approximate surface area is 223 Å². The summed E-state index contributed by atoms with van der Waals surface area (Å²) in [5.41, 5.74) is 2.63. The summed E-state index contributed by atoms with van der Waals surface area (Å²) >= 11 is 0. The molecule has 2 heteroatoms. The third kappa shape index (κ3) is 13.6. The van der Waals surface area contributed by atoms with Crippen molar-refractivity contribution in [1.29, 1.82) is 0 Å². The third-order valence-corrected chi connectivity index (χ3v) is 7.64. The highest BCUT2D eigenvalue weighted by Crippen LogP contribution is 2.21. The van der Waals surface area contributed by atoms with Crippen molar-refractivity contribution in [2.24, 2.45) is 0 Å². The molecule has 2 atom stereocenters. The zero-order chi connectivity index (χ0) is 25.7. The first-order chi connectivity index (χ1) is 17.7. The molecule has 0 amide bonds. The second kappa shape index (κ2) is 20.4. The molecule has 2 aromatic carbocycles. The zero-order valence-corrected chi connectivity index (χ0v) is 23.6. The van der Waals surface area contributed by atoms with Crippen LogP contribution in [0.1, 0.15) is 128 Å². The van der Waals surface area contributed by atoms with E-state index in [0.29, 0.717) is 0 Å². The van der Waals surface area contributed by atoms with Gasteiger partial charge in [-0.25, -0.2) is 0 Å². The lowest BCUT2D eigenvalue weighted by Gasteiger charge is -2.34. The fourth-order valence-electron chi connectivity index (χ4n) is 5.44. The molecule has 0 bridgehead atoms. The molecule has 0 aromatic heterocycles. The Balaban J connectivity index is 1.65. The first kappa shape index (κ1) is 30.6. The normalized spacial score (nSPS) is 13.2. The Morgan fingerprint density at radius 3 is 1.33 bits per heavy atom. The highest BCUT2D eigenvalue weighted by atomic mass is 16.3. The van der Waals surface area contributed by atoms with Crippen molar-refractivity contribution in [2.45, 2.75) is 142 Å². The Kier molecular flexibility index (Phi) is 17.3. The quantitative estimate of drug-likeness (QED) is 0.165. The Hall–Kier alpha value is -1.64. The molecule has 0 aliphatic heterocycles. The van der Waals surface area contributed by atoms with Crippen molar-refractivity contribution >= 4 is 0 Å². The summed E-state index contributed by atoms with van der Waals surface area (Å²) in [7, 11) is 0. The molecule has 0 saturated carbocycles. The minimum atomic E-state index is -0.264. The van der Waals surface area contributed by atoms with Crippen molar-refractivity contribution in [2.75, 3.05) is 0 Å². The molecule has 36 heavy (non-hydrogen) atoms. The van der Waals surface area contributed by atoms with Crippen LogP contribution >= 0.6 is 0 Å². The van der Waals surface area contributed by atoms with E-state index in [2.05, 4.69) is 79.4 Å².